The second-order valence-electron chi connectivity index (χ2n) is 3.87. The Morgan fingerprint density at radius 3 is 2.17 bits per heavy atom. The van der Waals surface area contributed by atoms with E-state index in [9.17, 15) is 4.79 Å². The van der Waals surface area contributed by atoms with E-state index in [2.05, 4.69) is 0 Å². The van der Waals surface area contributed by atoms with Gasteiger partial charge in [-0.05, 0) is 5.92 Å². The van der Waals surface area contributed by atoms with Crippen molar-refractivity contribution in [2.75, 3.05) is 19.6 Å². The van der Waals surface area contributed by atoms with Crippen molar-refractivity contribution in [3.05, 3.63) is 0 Å². The number of primary amides is 1. The fourth-order valence-corrected chi connectivity index (χ4v) is 2.35. The highest BCUT2D eigenvalue weighted by molar-refractivity contribution is 5.63. The van der Waals surface area contributed by atoms with E-state index in [0.717, 1.165) is 25.6 Å². The van der Waals surface area contributed by atoms with Crippen molar-refractivity contribution >= 4 is 6.09 Å². The topological polar surface area (TPSA) is 52.3 Å². The molecule has 3 rings (SSSR count). The van der Waals surface area contributed by atoms with Crippen molar-refractivity contribution in [3.63, 3.8) is 0 Å². The molecule has 12 heavy (non-hydrogen) atoms. The predicted molar refractivity (Wildman–Crippen MR) is 42.9 cm³/mol. The van der Waals surface area contributed by atoms with Crippen LogP contribution in [-0.2, 0) is 4.84 Å². The van der Waals surface area contributed by atoms with E-state index in [1.165, 1.54) is 19.3 Å². The number of quaternary nitrogens is 1. The third-order valence-corrected chi connectivity index (χ3v) is 3.12. The van der Waals surface area contributed by atoms with Crippen molar-refractivity contribution in [2.24, 2.45) is 11.7 Å². The molecule has 2 N–H and O–H groups in total. The SMILES string of the molecule is NC(=O)O[N+]12CCC(CC1)CC2. The Balaban J connectivity index is 2.03. The summed E-state index contributed by atoms with van der Waals surface area (Å²) in [6.07, 6.45) is 2.93. The lowest BCUT2D eigenvalue weighted by Gasteiger charge is -2.44. The number of carbonyl (C=O) groups excluding carboxylic acids is 1. The summed E-state index contributed by atoms with van der Waals surface area (Å²) in [5.74, 6) is 0.876. The summed E-state index contributed by atoms with van der Waals surface area (Å²) in [7, 11) is 0. The summed E-state index contributed by atoms with van der Waals surface area (Å²) in [6.45, 7) is 2.90. The molecule has 2 bridgehead atoms. The molecule has 0 radical (unpaired) electrons. The molecule has 0 spiro atoms. The van der Waals surface area contributed by atoms with Crippen LogP contribution in [0.25, 0.3) is 0 Å². The Morgan fingerprint density at radius 1 is 1.25 bits per heavy atom. The Morgan fingerprint density at radius 2 is 1.75 bits per heavy atom. The van der Waals surface area contributed by atoms with E-state index in [4.69, 9.17) is 10.6 Å². The van der Waals surface area contributed by atoms with Crippen molar-refractivity contribution in [1.82, 2.24) is 0 Å². The number of piperidine rings is 3. The quantitative estimate of drug-likeness (QED) is 0.588. The number of amides is 1. The zero-order chi connectivity index (χ0) is 8.60. The molecule has 4 nitrogen and oxygen atoms in total. The minimum absolute atomic E-state index is 0.492. The zero-order valence-corrected chi connectivity index (χ0v) is 7.16. The average Bonchev–Trinajstić information content (AvgIpc) is 2.05. The van der Waals surface area contributed by atoms with Gasteiger partial charge >= 0.3 is 6.09 Å². The maximum absolute atomic E-state index is 10.6. The van der Waals surface area contributed by atoms with Crippen LogP contribution in [-0.4, -0.2) is 30.4 Å². The minimum Gasteiger partial charge on any atom is -0.330 e. The summed E-state index contributed by atoms with van der Waals surface area (Å²) in [5, 5.41) is 0. The molecule has 3 fully saturated rings. The molecule has 0 aromatic carbocycles. The van der Waals surface area contributed by atoms with Gasteiger partial charge in [-0.3, -0.25) is 4.84 Å². The zero-order valence-electron chi connectivity index (χ0n) is 7.16. The van der Waals surface area contributed by atoms with Crippen LogP contribution < -0.4 is 5.73 Å². The van der Waals surface area contributed by atoms with E-state index in [0.29, 0.717) is 4.65 Å². The number of nitrogens with two attached hydrogens (primary N) is 1. The molecule has 0 aromatic rings. The molecule has 3 heterocycles. The standard InChI is InChI=1S/C8H14N2O2/c9-8(11)12-10-4-1-7(2-5-10)3-6-10/h7H,1-6H2,(H-,9,11)/p+1. The highest BCUT2D eigenvalue weighted by atomic mass is 16.8. The van der Waals surface area contributed by atoms with Crippen LogP contribution in [0.4, 0.5) is 4.79 Å². The third-order valence-electron chi connectivity index (χ3n) is 3.12. The summed E-state index contributed by atoms with van der Waals surface area (Å²) < 4.78 is 0.492. The lowest BCUT2D eigenvalue weighted by molar-refractivity contribution is -1.10. The Labute approximate surface area is 71.8 Å². The van der Waals surface area contributed by atoms with Gasteiger partial charge in [0.2, 0.25) is 0 Å². The van der Waals surface area contributed by atoms with E-state index < -0.39 is 6.09 Å². The smallest absolute Gasteiger partial charge is 0.330 e. The van der Waals surface area contributed by atoms with Crippen LogP contribution in [0.15, 0.2) is 0 Å². The molecule has 68 valence electrons. The van der Waals surface area contributed by atoms with Crippen LogP contribution in [0.2, 0.25) is 0 Å². The second-order valence-corrected chi connectivity index (χ2v) is 3.87. The van der Waals surface area contributed by atoms with Gasteiger partial charge in [-0.25, -0.2) is 4.79 Å². The van der Waals surface area contributed by atoms with Gasteiger partial charge in [0.05, 0.1) is 0 Å². The first-order valence-electron chi connectivity index (χ1n) is 4.55. The van der Waals surface area contributed by atoms with Crippen LogP contribution in [0.3, 0.4) is 0 Å². The lowest BCUT2D eigenvalue weighted by atomic mass is 9.88. The van der Waals surface area contributed by atoms with Crippen molar-refractivity contribution in [1.29, 1.82) is 0 Å². The summed E-state index contributed by atoms with van der Waals surface area (Å²) in [4.78, 5) is 15.8. The van der Waals surface area contributed by atoms with Gasteiger partial charge in [0.25, 0.3) is 0 Å². The molecule has 0 aromatic heterocycles. The highest BCUT2D eigenvalue weighted by Gasteiger charge is 2.43. The first-order chi connectivity index (χ1) is 5.70. The number of hydrogen-bond acceptors (Lipinski definition) is 2. The molecule has 0 saturated carbocycles. The van der Waals surface area contributed by atoms with E-state index in [-0.39, 0.29) is 0 Å². The third kappa shape index (κ3) is 1.27. The van der Waals surface area contributed by atoms with Crippen molar-refractivity contribution in [2.45, 2.75) is 19.3 Å². The fourth-order valence-electron chi connectivity index (χ4n) is 2.35. The van der Waals surface area contributed by atoms with Gasteiger partial charge < -0.3 is 5.73 Å². The van der Waals surface area contributed by atoms with Gasteiger partial charge in [-0.2, -0.15) is 0 Å². The van der Waals surface area contributed by atoms with Gasteiger partial charge in [0.1, 0.15) is 19.6 Å². The van der Waals surface area contributed by atoms with Gasteiger partial charge in [0.15, 0.2) is 0 Å². The van der Waals surface area contributed by atoms with E-state index in [1.54, 1.807) is 0 Å². The number of rotatable bonds is 1. The monoisotopic (exact) mass is 171 g/mol. The minimum atomic E-state index is -0.629. The fraction of sp³-hybridized carbons (Fsp3) is 0.875. The van der Waals surface area contributed by atoms with Gasteiger partial charge in [-0.15, -0.1) is 4.65 Å². The molecule has 0 unspecified atom stereocenters. The first-order valence-corrected chi connectivity index (χ1v) is 4.55. The van der Waals surface area contributed by atoms with Crippen LogP contribution in [0.5, 0.6) is 0 Å². The van der Waals surface area contributed by atoms with Crippen LogP contribution >= 0.6 is 0 Å². The maximum Gasteiger partial charge on any atom is 0.459 e. The number of hydroxylamine groups is 3. The summed E-state index contributed by atoms with van der Waals surface area (Å²) in [6, 6.07) is 0. The lowest BCUT2D eigenvalue weighted by Crippen LogP contribution is -2.59. The van der Waals surface area contributed by atoms with Gasteiger partial charge in [-0.1, -0.05) is 0 Å². The Bertz CT molecular complexity index is 183. The molecular weight excluding hydrogens is 156 g/mol. The van der Waals surface area contributed by atoms with Crippen molar-refractivity contribution in [3.8, 4) is 0 Å². The summed E-state index contributed by atoms with van der Waals surface area (Å²) >= 11 is 0. The van der Waals surface area contributed by atoms with Crippen LogP contribution in [0, 0.1) is 5.92 Å². The number of hydrogen-bond donors (Lipinski definition) is 1. The average molecular weight is 171 g/mol. The Hall–Kier alpha value is -0.770. The summed E-state index contributed by atoms with van der Waals surface area (Å²) in [5.41, 5.74) is 5.02. The largest absolute Gasteiger partial charge is 0.459 e. The Kier molecular flexibility index (Phi) is 1.72. The number of fused-ring (bicyclic) bond motifs is 3. The maximum atomic E-state index is 10.6. The normalized spacial score (nSPS) is 39.5. The molecular formula is C8H15N2O2+. The van der Waals surface area contributed by atoms with Crippen molar-refractivity contribution < 1.29 is 14.3 Å². The van der Waals surface area contributed by atoms with Crippen LogP contribution in [0.1, 0.15) is 19.3 Å². The first kappa shape index (κ1) is 7.86. The number of carbonyl (C=O) groups is 1. The molecule has 3 aliphatic rings. The predicted octanol–water partition coefficient (Wildman–Crippen LogP) is 0.627. The number of nitrogens with zero attached hydrogens (tertiary/aromatic N) is 1. The van der Waals surface area contributed by atoms with E-state index in [1.807, 2.05) is 0 Å². The van der Waals surface area contributed by atoms with E-state index >= 15 is 0 Å². The molecule has 0 aliphatic carbocycles. The molecule has 3 saturated heterocycles. The second kappa shape index (κ2) is 2.62. The van der Waals surface area contributed by atoms with Gasteiger partial charge in [0, 0.05) is 19.3 Å². The highest BCUT2D eigenvalue weighted by Crippen LogP contribution is 2.33. The molecule has 1 amide bonds. The molecule has 0 atom stereocenters. The molecule has 4 heteroatoms. The molecule has 3 aliphatic heterocycles.